The van der Waals surface area contributed by atoms with Crippen molar-refractivity contribution in [1.29, 1.82) is 0 Å². The van der Waals surface area contributed by atoms with Crippen molar-refractivity contribution in [1.82, 2.24) is 40.8 Å². The van der Waals surface area contributed by atoms with Crippen molar-refractivity contribution in [2.24, 2.45) is 7.05 Å². The van der Waals surface area contributed by atoms with Crippen LogP contribution in [0.2, 0.25) is 0 Å². The number of tetrazole rings is 1. The Morgan fingerprint density at radius 1 is 1.00 bits per heavy atom. The number of carbonyl (C=O) groups is 2. The van der Waals surface area contributed by atoms with E-state index in [4.69, 9.17) is 0 Å². The lowest BCUT2D eigenvalue weighted by atomic mass is 10.1. The van der Waals surface area contributed by atoms with Gasteiger partial charge in [0.2, 0.25) is 5.82 Å². The van der Waals surface area contributed by atoms with Crippen LogP contribution in [0.4, 0.5) is 4.39 Å². The van der Waals surface area contributed by atoms with Gasteiger partial charge in [0.25, 0.3) is 11.8 Å². The van der Waals surface area contributed by atoms with Gasteiger partial charge in [-0.15, -0.1) is 10.2 Å². The van der Waals surface area contributed by atoms with E-state index in [1.54, 1.807) is 19.2 Å². The number of rotatable bonds is 7. The molecule has 172 valence electrons. The maximum atomic E-state index is 13.0. The minimum atomic E-state index is -0.470. The van der Waals surface area contributed by atoms with E-state index in [9.17, 15) is 14.0 Å². The smallest absolute Gasteiger partial charge is 0.270 e. The van der Waals surface area contributed by atoms with Gasteiger partial charge in [-0.25, -0.2) is 14.4 Å². The molecule has 2 amide bonds. The van der Waals surface area contributed by atoms with E-state index >= 15 is 0 Å². The van der Waals surface area contributed by atoms with Gasteiger partial charge in [0, 0.05) is 18.2 Å². The monoisotopic (exact) mass is 460 g/mol. The van der Waals surface area contributed by atoms with Crippen LogP contribution >= 0.6 is 0 Å². The lowest BCUT2D eigenvalue weighted by Crippen LogP contribution is -2.29. The Hall–Kier alpha value is -4.54. The van der Waals surface area contributed by atoms with Gasteiger partial charge in [-0.3, -0.25) is 9.59 Å². The van der Waals surface area contributed by atoms with Crippen LogP contribution in [0.3, 0.4) is 0 Å². The molecule has 34 heavy (non-hydrogen) atoms. The van der Waals surface area contributed by atoms with Gasteiger partial charge in [0.15, 0.2) is 0 Å². The molecular formula is C23H21FN8O2. The van der Waals surface area contributed by atoms with Crippen LogP contribution in [0.5, 0.6) is 0 Å². The van der Waals surface area contributed by atoms with Crippen molar-refractivity contribution in [3.05, 3.63) is 89.3 Å². The van der Waals surface area contributed by atoms with Crippen molar-refractivity contribution in [2.75, 3.05) is 0 Å². The molecule has 0 saturated carbocycles. The largest absolute Gasteiger partial charge is 0.347 e. The quantitative estimate of drug-likeness (QED) is 0.433. The lowest BCUT2D eigenvalue weighted by Gasteiger charge is -2.14. The summed E-state index contributed by atoms with van der Waals surface area (Å²) in [5.41, 5.74) is 2.52. The number of aryl methyl sites for hydroxylation is 1. The summed E-state index contributed by atoms with van der Waals surface area (Å²) in [6, 6.07) is 14.2. The summed E-state index contributed by atoms with van der Waals surface area (Å²) in [6.45, 7) is 2.03. The number of nitrogens with zero attached hydrogens (tertiary/aromatic N) is 6. The molecule has 10 nitrogen and oxygen atoms in total. The first-order chi connectivity index (χ1) is 16.4. The molecule has 2 heterocycles. The van der Waals surface area contributed by atoms with Crippen LogP contribution in [0.1, 0.15) is 45.1 Å². The third-order valence-corrected chi connectivity index (χ3v) is 5.02. The Bertz CT molecular complexity index is 1310. The van der Waals surface area contributed by atoms with E-state index in [-0.39, 0.29) is 29.8 Å². The number of aromatic nitrogens is 6. The molecule has 0 aliphatic heterocycles. The molecule has 0 radical (unpaired) electrons. The number of hydrogen-bond acceptors (Lipinski definition) is 7. The number of benzene rings is 2. The van der Waals surface area contributed by atoms with E-state index in [2.05, 4.69) is 36.0 Å². The maximum Gasteiger partial charge on any atom is 0.270 e. The number of halogens is 1. The summed E-state index contributed by atoms with van der Waals surface area (Å²) >= 11 is 0. The van der Waals surface area contributed by atoms with Gasteiger partial charge >= 0.3 is 0 Å². The second kappa shape index (κ2) is 9.94. The van der Waals surface area contributed by atoms with Crippen LogP contribution in [-0.4, -0.2) is 42.0 Å². The van der Waals surface area contributed by atoms with Crippen molar-refractivity contribution in [3.63, 3.8) is 0 Å². The number of hydrogen-bond donors (Lipinski definition) is 2. The van der Waals surface area contributed by atoms with Crippen molar-refractivity contribution in [2.45, 2.75) is 19.5 Å². The molecule has 0 saturated heterocycles. The van der Waals surface area contributed by atoms with Crippen LogP contribution in [-0.2, 0) is 13.6 Å². The van der Waals surface area contributed by atoms with Crippen LogP contribution < -0.4 is 10.6 Å². The Balaban J connectivity index is 1.37. The highest BCUT2D eigenvalue weighted by atomic mass is 19.1. The van der Waals surface area contributed by atoms with E-state index < -0.39 is 11.8 Å². The molecule has 4 aromatic rings. The van der Waals surface area contributed by atoms with E-state index in [1.807, 2.05) is 31.2 Å². The van der Waals surface area contributed by atoms with Crippen molar-refractivity contribution < 1.29 is 14.0 Å². The molecule has 1 atom stereocenters. The predicted octanol–water partition coefficient (Wildman–Crippen LogP) is 2.23. The SMILES string of the molecule is C[C@H](NC(=O)c1cc(C(=O)NCc2ccc(F)cc2)ncn1)c1ccc(-c2nnn(C)n2)cc1. The van der Waals surface area contributed by atoms with E-state index in [1.165, 1.54) is 23.0 Å². The summed E-state index contributed by atoms with van der Waals surface area (Å²) < 4.78 is 13.0. The fourth-order valence-corrected chi connectivity index (χ4v) is 3.16. The van der Waals surface area contributed by atoms with Gasteiger partial charge in [0.05, 0.1) is 13.1 Å². The zero-order valence-corrected chi connectivity index (χ0v) is 18.4. The Kier molecular flexibility index (Phi) is 6.62. The van der Waals surface area contributed by atoms with E-state index in [0.29, 0.717) is 5.82 Å². The first-order valence-electron chi connectivity index (χ1n) is 10.4. The topological polar surface area (TPSA) is 128 Å². The normalized spacial score (nSPS) is 11.6. The van der Waals surface area contributed by atoms with Crippen LogP contribution in [0.15, 0.2) is 60.9 Å². The van der Waals surface area contributed by atoms with Crippen molar-refractivity contribution in [3.8, 4) is 11.4 Å². The fraction of sp³-hybridized carbons (Fsp3) is 0.174. The van der Waals surface area contributed by atoms with E-state index in [0.717, 1.165) is 23.0 Å². The summed E-state index contributed by atoms with van der Waals surface area (Å²) in [5, 5.41) is 17.5. The predicted molar refractivity (Wildman–Crippen MR) is 120 cm³/mol. The molecule has 0 aliphatic rings. The average molecular weight is 460 g/mol. The Morgan fingerprint density at radius 3 is 2.32 bits per heavy atom. The maximum absolute atomic E-state index is 13.0. The first-order valence-corrected chi connectivity index (χ1v) is 10.4. The average Bonchev–Trinajstić information content (AvgIpc) is 3.30. The fourth-order valence-electron chi connectivity index (χ4n) is 3.16. The Morgan fingerprint density at radius 2 is 1.68 bits per heavy atom. The molecule has 0 unspecified atom stereocenters. The van der Waals surface area contributed by atoms with Crippen LogP contribution in [0.25, 0.3) is 11.4 Å². The molecule has 2 aromatic heterocycles. The second-order valence-corrected chi connectivity index (χ2v) is 7.52. The molecule has 0 fully saturated rings. The molecule has 2 N–H and O–H groups in total. The van der Waals surface area contributed by atoms with Crippen molar-refractivity contribution >= 4 is 11.8 Å². The first kappa shape index (κ1) is 22.6. The molecule has 0 bridgehead atoms. The highest BCUT2D eigenvalue weighted by molar-refractivity contribution is 5.97. The summed E-state index contributed by atoms with van der Waals surface area (Å²) in [7, 11) is 1.69. The highest BCUT2D eigenvalue weighted by Crippen LogP contribution is 2.19. The third-order valence-electron chi connectivity index (χ3n) is 5.02. The van der Waals surface area contributed by atoms with Gasteiger partial charge in [-0.2, -0.15) is 4.80 Å². The molecule has 4 rings (SSSR count). The minimum Gasteiger partial charge on any atom is -0.347 e. The zero-order valence-electron chi connectivity index (χ0n) is 18.4. The number of nitrogens with one attached hydrogen (secondary N) is 2. The molecule has 2 aromatic carbocycles. The zero-order chi connectivity index (χ0) is 24.1. The van der Waals surface area contributed by atoms with Gasteiger partial charge in [0.1, 0.15) is 23.5 Å². The Labute approximate surface area is 194 Å². The summed E-state index contributed by atoms with van der Waals surface area (Å²) in [5.74, 6) is -0.754. The lowest BCUT2D eigenvalue weighted by molar-refractivity contribution is 0.0934. The number of carbonyl (C=O) groups excluding carboxylic acids is 2. The third kappa shape index (κ3) is 5.44. The highest BCUT2D eigenvalue weighted by Gasteiger charge is 2.16. The van der Waals surface area contributed by atoms with Gasteiger partial charge < -0.3 is 10.6 Å². The minimum absolute atomic E-state index is 0.0516. The molecule has 11 heteroatoms. The summed E-state index contributed by atoms with van der Waals surface area (Å²) in [6.07, 6.45) is 1.16. The standard InChI is InChI=1S/C23H21FN8O2/c1-14(16-5-7-17(8-6-16)21-29-31-32(2)30-21)28-23(34)20-11-19(26-13-27-20)22(33)25-12-15-3-9-18(24)10-4-15/h3-11,13-14H,12H2,1-2H3,(H,25,33)(H,28,34)/t14-/m0/s1. The van der Waals surface area contributed by atoms with Gasteiger partial charge in [-0.1, -0.05) is 36.4 Å². The van der Waals surface area contributed by atoms with Gasteiger partial charge in [-0.05, 0) is 35.4 Å². The second-order valence-electron chi connectivity index (χ2n) is 7.52. The molecular weight excluding hydrogens is 439 g/mol. The van der Waals surface area contributed by atoms with Crippen LogP contribution in [0, 0.1) is 5.82 Å². The summed E-state index contributed by atoms with van der Waals surface area (Å²) in [4.78, 5) is 34.4. The molecule has 0 spiro atoms. The number of amides is 2. The molecule has 0 aliphatic carbocycles.